The fraction of sp³-hybridized carbons (Fsp3) is 0.0556. The van der Waals surface area contributed by atoms with Gasteiger partial charge in [-0.15, -0.1) is 0 Å². The zero-order chi connectivity index (χ0) is 18.7. The van der Waals surface area contributed by atoms with E-state index in [9.17, 15) is 19.1 Å². The number of hydrogen-bond acceptors (Lipinski definition) is 6. The lowest BCUT2D eigenvalue weighted by Gasteiger charge is -2.13. The van der Waals surface area contributed by atoms with E-state index < -0.39 is 17.3 Å². The summed E-state index contributed by atoms with van der Waals surface area (Å²) in [6.07, 6.45) is 1.35. The van der Waals surface area contributed by atoms with Crippen molar-refractivity contribution >= 4 is 17.3 Å². The van der Waals surface area contributed by atoms with Crippen molar-refractivity contribution in [3.05, 3.63) is 76.5 Å². The number of carbonyl (C=O) groups is 1. The van der Waals surface area contributed by atoms with E-state index in [1.54, 1.807) is 0 Å². The molecule has 1 heterocycles. The summed E-state index contributed by atoms with van der Waals surface area (Å²) in [6.45, 7) is 0. The molecule has 0 aliphatic heterocycles. The summed E-state index contributed by atoms with van der Waals surface area (Å²) in [5.74, 6) is -1.23. The fourth-order valence-electron chi connectivity index (χ4n) is 2.18. The van der Waals surface area contributed by atoms with Crippen LogP contribution < -0.4 is 20.7 Å². The van der Waals surface area contributed by atoms with Gasteiger partial charge >= 0.3 is 0 Å². The van der Waals surface area contributed by atoms with Gasteiger partial charge in [0.15, 0.2) is 11.4 Å². The molecule has 132 valence electrons. The first-order chi connectivity index (χ1) is 12.4. The van der Waals surface area contributed by atoms with E-state index in [1.165, 1.54) is 61.8 Å². The number of carboxylic acid groups (broad SMARTS) is 1. The van der Waals surface area contributed by atoms with Crippen LogP contribution in [0.4, 0.5) is 15.8 Å². The minimum absolute atomic E-state index is 0.0148. The molecule has 1 aromatic heterocycles. The highest BCUT2D eigenvalue weighted by Crippen LogP contribution is 2.28. The molecular weight excluding hydrogens is 341 g/mol. The maximum atomic E-state index is 13.0. The van der Waals surface area contributed by atoms with Crippen molar-refractivity contribution in [1.29, 1.82) is 0 Å². The summed E-state index contributed by atoms with van der Waals surface area (Å²) < 4.78 is 19.8. The SMILES string of the molecule is Cn1ncc(Oc2ccc(F)cc2)c(Nc2ccc(C(=O)[O-])cc2)c1=O. The van der Waals surface area contributed by atoms with E-state index in [2.05, 4.69) is 10.4 Å². The number of nitrogens with zero attached hydrogens (tertiary/aromatic N) is 2. The molecule has 1 N–H and O–H groups in total. The molecule has 0 aliphatic carbocycles. The Kier molecular flexibility index (Phi) is 4.66. The van der Waals surface area contributed by atoms with E-state index >= 15 is 0 Å². The molecule has 0 unspecified atom stereocenters. The van der Waals surface area contributed by atoms with Gasteiger partial charge in [0.1, 0.15) is 11.6 Å². The molecule has 0 aliphatic rings. The third kappa shape index (κ3) is 3.69. The summed E-state index contributed by atoms with van der Waals surface area (Å²) >= 11 is 0. The molecule has 26 heavy (non-hydrogen) atoms. The van der Waals surface area contributed by atoms with Crippen LogP contribution in [0.1, 0.15) is 10.4 Å². The summed E-state index contributed by atoms with van der Waals surface area (Å²) in [4.78, 5) is 23.2. The number of rotatable bonds is 5. The van der Waals surface area contributed by atoms with Crippen molar-refractivity contribution < 1.29 is 19.0 Å². The summed E-state index contributed by atoms with van der Waals surface area (Å²) in [7, 11) is 1.48. The topological polar surface area (TPSA) is 96.3 Å². The minimum atomic E-state index is -1.29. The summed E-state index contributed by atoms with van der Waals surface area (Å²) in [6, 6.07) is 11.0. The number of ether oxygens (including phenoxy) is 1. The van der Waals surface area contributed by atoms with Crippen LogP contribution >= 0.6 is 0 Å². The van der Waals surface area contributed by atoms with Crippen molar-refractivity contribution in [2.45, 2.75) is 0 Å². The second-order valence-electron chi connectivity index (χ2n) is 5.36. The lowest BCUT2D eigenvalue weighted by molar-refractivity contribution is -0.255. The average Bonchev–Trinajstić information content (AvgIpc) is 2.63. The van der Waals surface area contributed by atoms with Crippen LogP contribution in [-0.2, 0) is 7.05 Å². The van der Waals surface area contributed by atoms with Crippen molar-refractivity contribution in [2.24, 2.45) is 7.05 Å². The van der Waals surface area contributed by atoms with Crippen LogP contribution in [-0.4, -0.2) is 15.7 Å². The molecule has 0 atom stereocenters. The molecule has 7 nitrogen and oxygen atoms in total. The molecule has 0 saturated carbocycles. The lowest BCUT2D eigenvalue weighted by atomic mass is 10.2. The minimum Gasteiger partial charge on any atom is -0.545 e. The van der Waals surface area contributed by atoms with Gasteiger partial charge in [-0.05, 0) is 42.0 Å². The summed E-state index contributed by atoms with van der Waals surface area (Å²) in [5, 5.41) is 17.6. The van der Waals surface area contributed by atoms with Gasteiger partial charge in [-0.1, -0.05) is 12.1 Å². The first kappa shape index (κ1) is 17.2. The van der Waals surface area contributed by atoms with Gasteiger partial charge in [-0.3, -0.25) is 4.79 Å². The van der Waals surface area contributed by atoms with Gasteiger partial charge in [0.05, 0.1) is 12.2 Å². The van der Waals surface area contributed by atoms with E-state index in [0.717, 1.165) is 4.68 Å². The quantitative estimate of drug-likeness (QED) is 0.751. The van der Waals surface area contributed by atoms with Crippen LogP contribution in [0.2, 0.25) is 0 Å². The molecule has 0 fully saturated rings. The van der Waals surface area contributed by atoms with Crippen molar-refractivity contribution in [3.8, 4) is 11.5 Å². The van der Waals surface area contributed by atoms with Gasteiger partial charge in [0.25, 0.3) is 5.56 Å². The largest absolute Gasteiger partial charge is 0.545 e. The second-order valence-corrected chi connectivity index (χ2v) is 5.36. The number of aromatic nitrogens is 2. The molecule has 0 saturated heterocycles. The number of aryl methyl sites for hydroxylation is 1. The zero-order valence-corrected chi connectivity index (χ0v) is 13.6. The van der Waals surface area contributed by atoms with Gasteiger partial charge in [-0.25, -0.2) is 9.07 Å². The zero-order valence-electron chi connectivity index (χ0n) is 13.6. The van der Waals surface area contributed by atoms with Gasteiger partial charge in [0.2, 0.25) is 0 Å². The number of benzene rings is 2. The molecular formula is C18H13FN3O4-. The molecule has 2 aromatic carbocycles. The predicted octanol–water partition coefficient (Wildman–Crippen LogP) is 1.82. The molecule has 3 rings (SSSR count). The molecule has 8 heteroatoms. The van der Waals surface area contributed by atoms with Gasteiger partial charge < -0.3 is 20.0 Å². The molecule has 3 aromatic rings. The monoisotopic (exact) mass is 354 g/mol. The van der Waals surface area contributed by atoms with Crippen LogP contribution in [0.5, 0.6) is 11.5 Å². The lowest BCUT2D eigenvalue weighted by Crippen LogP contribution is -2.23. The van der Waals surface area contributed by atoms with Gasteiger partial charge in [-0.2, -0.15) is 5.10 Å². The Morgan fingerprint density at radius 2 is 1.81 bits per heavy atom. The van der Waals surface area contributed by atoms with E-state index in [4.69, 9.17) is 4.74 Å². The predicted molar refractivity (Wildman–Crippen MR) is 90.0 cm³/mol. The first-order valence-corrected chi connectivity index (χ1v) is 7.52. The van der Waals surface area contributed by atoms with Crippen molar-refractivity contribution in [2.75, 3.05) is 5.32 Å². The molecule has 0 spiro atoms. The number of anilines is 2. The molecule has 0 radical (unpaired) electrons. The third-order valence-corrected chi connectivity index (χ3v) is 3.53. The van der Waals surface area contributed by atoms with E-state index in [0.29, 0.717) is 11.4 Å². The Morgan fingerprint density at radius 3 is 2.42 bits per heavy atom. The van der Waals surface area contributed by atoms with E-state index in [1.807, 2.05) is 0 Å². The Bertz CT molecular complexity index is 998. The smallest absolute Gasteiger partial charge is 0.294 e. The number of aromatic carboxylic acids is 1. The van der Waals surface area contributed by atoms with Crippen LogP contribution in [0.3, 0.4) is 0 Å². The van der Waals surface area contributed by atoms with Crippen LogP contribution in [0.15, 0.2) is 59.5 Å². The van der Waals surface area contributed by atoms with Crippen molar-refractivity contribution in [1.82, 2.24) is 9.78 Å². The highest BCUT2D eigenvalue weighted by Gasteiger charge is 2.13. The normalized spacial score (nSPS) is 10.4. The highest BCUT2D eigenvalue weighted by molar-refractivity contribution is 5.86. The van der Waals surface area contributed by atoms with Crippen LogP contribution in [0, 0.1) is 5.82 Å². The highest BCUT2D eigenvalue weighted by atomic mass is 19.1. The number of hydrogen-bond donors (Lipinski definition) is 1. The van der Waals surface area contributed by atoms with E-state index in [-0.39, 0.29) is 17.0 Å². The Labute approximate surface area is 147 Å². The fourth-order valence-corrected chi connectivity index (χ4v) is 2.18. The Morgan fingerprint density at radius 1 is 1.15 bits per heavy atom. The molecule has 0 amide bonds. The molecule has 0 bridgehead atoms. The maximum absolute atomic E-state index is 13.0. The Hall–Kier alpha value is -3.68. The second kappa shape index (κ2) is 7.06. The Balaban J connectivity index is 1.94. The summed E-state index contributed by atoms with van der Waals surface area (Å²) in [5.41, 5.74) is 0.143. The average molecular weight is 354 g/mol. The first-order valence-electron chi connectivity index (χ1n) is 7.52. The van der Waals surface area contributed by atoms with Crippen LogP contribution in [0.25, 0.3) is 0 Å². The number of carboxylic acids is 1. The standard InChI is InChI=1S/C18H14FN3O4/c1-22-17(23)16(21-13-6-2-11(3-7-13)18(24)25)15(10-20-22)26-14-8-4-12(19)5-9-14/h2-10,21H,1H3,(H,24,25)/p-1. The van der Waals surface area contributed by atoms with Gasteiger partial charge in [0, 0.05) is 12.7 Å². The maximum Gasteiger partial charge on any atom is 0.294 e. The number of nitrogens with one attached hydrogen (secondary N) is 1. The third-order valence-electron chi connectivity index (χ3n) is 3.53. The number of carbonyl (C=O) groups excluding carboxylic acids is 1. The van der Waals surface area contributed by atoms with Crippen molar-refractivity contribution in [3.63, 3.8) is 0 Å². The number of halogens is 1.